The van der Waals surface area contributed by atoms with Crippen molar-refractivity contribution in [1.29, 1.82) is 0 Å². The highest BCUT2D eigenvalue weighted by atomic mass is 16.2. The van der Waals surface area contributed by atoms with Crippen LogP contribution < -0.4 is 16.0 Å². The first-order chi connectivity index (χ1) is 17.7. The van der Waals surface area contributed by atoms with Gasteiger partial charge in [0.05, 0.1) is 12.0 Å². The van der Waals surface area contributed by atoms with Gasteiger partial charge in [0.15, 0.2) is 0 Å². The van der Waals surface area contributed by atoms with Crippen LogP contribution in [0.5, 0.6) is 0 Å². The summed E-state index contributed by atoms with van der Waals surface area (Å²) in [4.78, 5) is 51.5. The third-order valence-electron chi connectivity index (χ3n) is 6.69. The van der Waals surface area contributed by atoms with Crippen molar-refractivity contribution < 1.29 is 14.4 Å². The molecule has 4 rings (SSSR count). The zero-order chi connectivity index (χ0) is 26.7. The summed E-state index contributed by atoms with van der Waals surface area (Å²) in [5.41, 5.74) is 9.79. The number of aromatic nitrogens is 2. The van der Waals surface area contributed by atoms with Gasteiger partial charge in [0, 0.05) is 30.3 Å². The molecule has 1 aromatic carbocycles. The van der Waals surface area contributed by atoms with Crippen LogP contribution in [0.15, 0.2) is 60.8 Å². The summed E-state index contributed by atoms with van der Waals surface area (Å²) in [6.07, 6.45) is 2.58. The number of nitrogen functional groups attached to an aromatic ring is 1. The van der Waals surface area contributed by atoms with Crippen molar-refractivity contribution in [3.8, 4) is 0 Å². The van der Waals surface area contributed by atoms with Crippen molar-refractivity contribution in [1.82, 2.24) is 20.2 Å². The van der Waals surface area contributed by atoms with Crippen LogP contribution in [-0.2, 0) is 16.0 Å². The van der Waals surface area contributed by atoms with E-state index in [0.29, 0.717) is 17.9 Å². The third kappa shape index (κ3) is 5.45. The molecular formula is C28H32N6O3. The molecule has 0 saturated carbocycles. The van der Waals surface area contributed by atoms with Gasteiger partial charge in [0.2, 0.25) is 5.91 Å². The Hall–Kier alpha value is -4.27. The second-order valence-corrected chi connectivity index (χ2v) is 9.38. The van der Waals surface area contributed by atoms with Crippen LogP contribution in [0.3, 0.4) is 0 Å². The molecule has 4 amide bonds. The highest BCUT2D eigenvalue weighted by Crippen LogP contribution is 2.33. The van der Waals surface area contributed by atoms with E-state index in [1.807, 2.05) is 69.3 Å². The lowest BCUT2D eigenvalue weighted by atomic mass is 9.81. The van der Waals surface area contributed by atoms with Gasteiger partial charge in [-0.15, -0.1) is 0 Å². The van der Waals surface area contributed by atoms with Crippen molar-refractivity contribution in [2.75, 3.05) is 17.7 Å². The van der Waals surface area contributed by atoms with E-state index in [-0.39, 0.29) is 18.4 Å². The Kier molecular flexibility index (Phi) is 7.52. The van der Waals surface area contributed by atoms with E-state index in [0.717, 1.165) is 27.4 Å². The number of β-lactam (4-membered cyclic amide) rings is 1. The van der Waals surface area contributed by atoms with Crippen LogP contribution in [0.2, 0.25) is 0 Å². The maximum Gasteiger partial charge on any atom is 0.325 e. The number of nitrogens with one attached hydrogen (secondary N) is 1. The van der Waals surface area contributed by atoms with Gasteiger partial charge in [-0.3, -0.25) is 19.5 Å². The number of amides is 4. The van der Waals surface area contributed by atoms with Gasteiger partial charge in [-0.1, -0.05) is 31.2 Å². The molecular weight excluding hydrogens is 468 g/mol. The number of likely N-dealkylation sites (N-methyl/N-ethyl adjacent to an activating group) is 1. The molecule has 0 radical (unpaired) electrons. The summed E-state index contributed by atoms with van der Waals surface area (Å²) >= 11 is 0. The largest absolute Gasteiger partial charge is 0.384 e. The van der Waals surface area contributed by atoms with Gasteiger partial charge in [-0.05, 0) is 68.1 Å². The zero-order valence-corrected chi connectivity index (χ0v) is 21.5. The van der Waals surface area contributed by atoms with Crippen LogP contribution in [0.4, 0.5) is 16.3 Å². The van der Waals surface area contributed by atoms with Gasteiger partial charge in [-0.25, -0.2) is 9.78 Å². The van der Waals surface area contributed by atoms with Crippen LogP contribution in [0.1, 0.15) is 41.9 Å². The quantitative estimate of drug-likeness (QED) is 0.479. The predicted octanol–water partition coefficient (Wildman–Crippen LogP) is 3.57. The average Bonchev–Trinajstić information content (AvgIpc) is 2.88. The molecule has 3 aromatic rings. The van der Waals surface area contributed by atoms with E-state index in [4.69, 9.17) is 5.73 Å². The second kappa shape index (κ2) is 10.8. The molecule has 0 aliphatic carbocycles. The highest BCUT2D eigenvalue weighted by Gasteiger charge is 2.55. The number of aryl methyl sites for hydroxylation is 2. The molecule has 0 unspecified atom stereocenters. The van der Waals surface area contributed by atoms with Gasteiger partial charge in [-0.2, -0.15) is 0 Å². The molecule has 0 spiro atoms. The number of nitrogens with two attached hydrogens (primary N) is 1. The van der Waals surface area contributed by atoms with Crippen molar-refractivity contribution in [3.63, 3.8) is 0 Å². The molecule has 9 heteroatoms. The summed E-state index contributed by atoms with van der Waals surface area (Å²) in [5, 5.41) is 2.93. The van der Waals surface area contributed by atoms with Gasteiger partial charge >= 0.3 is 6.03 Å². The number of hydrogen-bond donors (Lipinski definition) is 2. The Morgan fingerprint density at radius 2 is 1.84 bits per heavy atom. The lowest BCUT2D eigenvalue weighted by molar-refractivity contribution is -0.156. The maximum absolute atomic E-state index is 13.7. The first-order valence-corrected chi connectivity index (χ1v) is 12.3. The van der Waals surface area contributed by atoms with Crippen LogP contribution in [0, 0.1) is 19.8 Å². The summed E-state index contributed by atoms with van der Waals surface area (Å²) in [7, 11) is 1.65. The number of carbonyl (C=O) groups excluding carboxylic acids is 3. The zero-order valence-electron chi connectivity index (χ0n) is 21.5. The SMILES string of the molecule is CC[C@@H](NC(=O)N1C(=O)[C@H](Cc2cc(C)nc(N)c2)[C@H]1C(=O)N(C)c1ccccc1)c1ccc(C)nc1. The molecule has 192 valence electrons. The van der Waals surface area contributed by atoms with E-state index in [1.165, 1.54) is 4.90 Å². The van der Waals surface area contributed by atoms with Crippen molar-refractivity contribution >= 4 is 29.4 Å². The third-order valence-corrected chi connectivity index (χ3v) is 6.69. The lowest BCUT2D eigenvalue weighted by Crippen LogP contribution is -2.70. The van der Waals surface area contributed by atoms with Crippen molar-refractivity contribution in [3.05, 3.63) is 83.3 Å². The summed E-state index contributed by atoms with van der Waals surface area (Å²) < 4.78 is 0. The fourth-order valence-corrected chi connectivity index (χ4v) is 4.70. The molecule has 3 atom stereocenters. The monoisotopic (exact) mass is 500 g/mol. The lowest BCUT2D eigenvalue weighted by Gasteiger charge is -2.46. The molecule has 0 bridgehead atoms. The summed E-state index contributed by atoms with van der Waals surface area (Å²) in [6.45, 7) is 5.64. The standard InChI is InChI=1S/C28H32N6O3/c1-5-23(20-12-11-17(2)30-16-20)32-28(37)34-25(27(36)33(4)21-9-7-6-8-10-21)22(26(34)35)14-19-13-18(3)31-24(29)15-19/h6-13,15-16,22-23,25H,5,14H2,1-4H3,(H2,29,31)(H,32,37)/t22-,23-,25+/m1/s1. The topological polar surface area (TPSA) is 122 Å². The normalized spacial score (nSPS) is 17.6. The smallest absolute Gasteiger partial charge is 0.325 e. The predicted molar refractivity (Wildman–Crippen MR) is 142 cm³/mol. The van der Waals surface area contributed by atoms with E-state index in [9.17, 15) is 14.4 Å². The number of benzene rings is 1. The van der Waals surface area contributed by atoms with E-state index < -0.39 is 23.9 Å². The Morgan fingerprint density at radius 3 is 2.46 bits per heavy atom. The molecule has 2 aromatic heterocycles. The molecule has 1 saturated heterocycles. The minimum absolute atomic E-state index is 0.272. The van der Waals surface area contributed by atoms with Gasteiger partial charge in [0.1, 0.15) is 11.9 Å². The molecule has 9 nitrogen and oxygen atoms in total. The number of rotatable bonds is 7. The Morgan fingerprint density at radius 1 is 1.11 bits per heavy atom. The number of hydrogen-bond acceptors (Lipinski definition) is 6. The van der Waals surface area contributed by atoms with Crippen LogP contribution in [0.25, 0.3) is 0 Å². The average molecular weight is 501 g/mol. The number of pyridine rings is 2. The molecule has 3 heterocycles. The van der Waals surface area contributed by atoms with E-state index >= 15 is 0 Å². The molecule has 1 aliphatic rings. The molecule has 3 N–H and O–H groups in total. The second-order valence-electron chi connectivity index (χ2n) is 9.38. The molecule has 1 fully saturated rings. The minimum atomic E-state index is -0.957. The fraction of sp³-hybridized carbons (Fsp3) is 0.321. The van der Waals surface area contributed by atoms with Crippen molar-refractivity contribution in [2.45, 2.75) is 45.7 Å². The molecule has 37 heavy (non-hydrogen) atoms. The fourth-order valence-electron chi connectivity index (χ4n) is 4.70. The Balaban J connectivity index is 1.61. The number of imide groups is 1. The number of likely N-dealkylation sites (tertiary alicyclic amines) is 1. The molecule has 1 aliphatic heterocycles. The van der Waals surface area contributed by atoms with Crippen LogP contribution >= 0.6 is 0 Å². The number of carbonyl (C=O) groups is 3. The van der Waals surface area contributed by atoms with Crippen molar-refractivity contribution in [2.24, 2.45) is 5.92 Å². The number of para-hydroxylation sites is 1. The van der Waals surface area contributed by atoms with Crippen LogP contribution in [-0.4, -0.2) is 45.8 Å². The minimum Gasteiger partial charge on any atom is -0.384 e. The first kappa shape index (κ1) is 25.8. The Labute approximate surface area is 216 Å². The number of urea groups is 1. The summed E-state index contributed by atoms with van der Waals surface area (Å²) in [6, 6.07) is 14.5. The Bertz CT molecular complexity index is 1270. The first-order valence-electron chi connectivity index (χ1n) is 12.3. The summed E-state index contributed by atoms with van der Waals surface area (Å²) in [5.74, 6) is -1.10. The number of nitrogens with zero attached hydrogens (tertiary/aromatic N) is 4. The number of anilines is 2. The van der Waals surface area contributed by atoms with Gasteiger partial charge < -0.3 is 16.0 Å². The maximum atomic E-state index is 13.7. The highest BCUT2D eigenvalue weighted by molar-refractivity contribution is 6.12. The van der Waals surface area contributed by atoms with E-state index in [1.54, 1.807) is 19.3 Å². The van der Waals surface area contributed by atoms with Gasteiger partial charge in [0.25, 0.3) is 5.91 Å². The van der Waals surface area contributed by atoms with E-state index in [2.05, 4.69) is 15.3 Å².